The molecule has 3 rings (SSSR count). The number of carbonyl (C=O) groups is 1. The molecule has 0 saturated heterocycles. The number of nitrogens with one attached hydrogen (secondary N) is 1. The fourth-order valence-electron chi connectivity index (χ4n) is 3.16. The minimum Gasteiger partial charge on any atom is -0.497 e. The minimum atomic E-state index is -0.248. The van der Waals surface area contributed by atoms with Crippen molar-refractivity contribution in [3.05, 3.63) is 72.1 Å². The smallest absolute Gasteiger partial charge is 0.234 e. The highest BCUT2D eigenvalue weighted by molar-refractivity contribution is 5.78. The Morgan fingerprint density at radius 1 is 1.03 bits per heavy atom. The van der Waals surface area contributed by atoms with E-state index in [2.05, 4.69) is 5.32 Å². The summed E-state index contributed by atoms with van der Waals surface area (Å²) in [5.74, 6) is 2.86. The quantitative estimate of drug-likeness (QED) is 0.560. The highest BCUT2D eigenvalue weighted by Crippen LogP contribution is 2.29. The lowest BCUT2D eigenvalue weighted by Crippen LogP contribution is -2.37. The summed E-state index contributed by atoms with van der Waals surface area (Å²) in [7, 11) is 3.21. The van der Waals surface area contributed by atoms with E-state index in [4.69, 9.17) is 18.3 Å². The van der Waals surface area contributed by atoms with Crippen LogP contribution in [0, 0.1) is 0 Å². The van der Waals surface area contributed by atoms with Gasteiger partial charge >= 0.3 is 0 Å². The normalized spacial score (nSPS) is 12.0. The van der Waals surface area contributed by atoms with E-state index in [9.17, 15) is 4.79 Å². The molecule has 2 heterocycles. The van der Waals surface area contributed by atoms with E-state index in [-0.39, 0.29) is 18.5 Å². The summed E-state index contributed by atoms with van der Waals surface area (Å²) in [5.41, 5.74) is 0.851. The maximum absolute atomic E-state index is 12.8. The highest BCUT2D eigenvalue weighted by Gasteiger charge is 2.19. The van der Waals surface area contributed by atoms with Gasteiger partial charge in [0.25, 0.3) is 0 Å². The van der Waals surface area contributed by atoms with Gasteiger partial charge in [0, 0.05) is 5.56 Å². The second-order valence-corrected chi connectivity index (χ2v) is 6.70. The van der Waals surface area contributed by atoms with Crippen molar-refractivity contribution in [3.8, 4) is 11.5 Å². The molecule has 0 saturated carbocycles. The molecule has 0 bridgehead atoms. The zero-order valence-electron chi connectivity index (χ0n) is 16.9. The number of amides is 1. The lowest BCUT2D eigenvalue weighted by Gasteiger charge is -2.22. The summed E-state index contributed by atoms with van der Waals surface area (Å²) in [6, 6.07) is 12.7. The van der Waals surface area contributed by atoms with Crippen molar-refractivity contribution >= 4 is 5.91 Å². The average Bonchev–Trinajstić information content (AvgIpc) is 3.41. The van der Waals surface area contributed by atoms with Gasteiger partial charge in [0.15, 0.2) is 0 Å². The number of carbonyl (C=O) groups excluding carboxylic acids is 1. The molecule has 7 heteroatoms. The molecule has 0 aliphatic rings. The zero-order valence-corrected chi connectivity index (χ0v) is 16.9. The largest absolute Gasteiger partial charge is 0.497 e. The molecule has 3 aromatic rings. The van der Waals surface area contributed by atoms with Crippen molar-refractivity contribution in [3.63, 3.8) is 0 Å². The van der Waals surface area contributed by atoms with Gasteiger partial charge in [0.05, 0.1) is 52.4 Å². The first-order valence-corrected chi connectivity index (χ1v) is 9.37. The third kappa shape index (κ3) is 5.65. The van der Waals surface area contributed by atoms with E-state index in [0.29, 0.717) is 24.6 Å². The number of hydrogen-bond donors (Lipinski definition) is 1. The second-order valence-electron chi connectivity index (χ2n) is 6.70. The van der Waals surface area contributed by atoms with Crippen LogP contribution in [0.3, 0.4) is 0 Å². The number of nitrogens with zero attached hydrogens (tertiary/aromatic N) is 1. The molecule has 1 unspecified atom stereocenters. The SMILES string of the molecule is COc1ccc(OC)c(C(C)NC(=O)CN(Cc2ccco2)Cc2ccco2)c1. The van der Waals surface area contributed by atoms with Gasteiger partial charge in [0.2, 0.25) is 5.91 Å². The Labute approximate surface area is 170 Å². The minimum absolute atomic E-state index is 0.111. The van der Waals surface area contributed by atoms with Gasteiger partial charge in [0.1, 0.15) is 23.0 Å². The van der Waals surface area contributed by atoms with Gasteiger partial charge in [-0.15, -0.1) is 0 Å². The number of methoxy groups -OCH3 is 2. The van der Waals surface area contributed by atoms with Crippen LogP contribution >= 0.6 is 0 Å². The zero-order chi connectivity index (χ0) is 20.6. The number of rotatable bonds is 10. The lowest BCUT2D eigenvalue weighted by atomic mass is 10.1. The first-order valence-electron chi connectivity index (χ1n) is 9.37. The Hall–Kier alpha value is -3.19. The van der Waals surface area contributed by atoms with Crippen molar-refractivity contribution in [2.24, 2.45) is 0 Å². The van der Waals surface area contributed by atoms with Crippen LogP contribution < -0.4 is 14.8 Å². The fraction of sp³-hybridized carbons (Fsp3) is 0.318. The van der Waals surface area contributed by atoms with Crippen LogP contribution in [-0.4, -0.2) is 31.6 Å². The molecule has 1 atom stereocenters. The molecule has 2 aromatic heterocycles. The van der Waals surface area contributed by atoms with Crippen LogP contribution in [0.15, 0.2) is 63.8 Å². The van der Waals surface area contributed by atoms with Crippen LogP contribution in [0.4, 0.5) is 0 Å². The molecule has 1 amide bonds. The number of benzene rings is 1. The topological polar surface area (TPSA) is 77.1 Å². The van der Waals surface area contributed by atoms with Crippen molar-refractivity contribution in [1.29, 1.82) is 0 Å². The predicted molar refractivity (Wildman–Crippen MR) is 108 cm³/mol. The average molecular weight is 398 g/mol. The van der Waals surface area contributed by atoms with Gasteiger partial charge in [-0.3, -0.25) is 9.69 Å². The van der Waals surface area contributed by atoms with E-state index < -0.39 is 0 Å². The summed E-state index contributed by atoms with van der Waals surface area (Å²) in [6.45, 7) is 3.10. The molecule has 1 aromatic carbocycles. The highest BCUT2D eigenvalue weighted by atomic mass is 16.5. The summed E-state index contributed by atoms with van der Waals surface area (Å²) < 4.78 is 21.6. The number of ether oxygens (including phenoxy) is 2. The number of furan rings is 2. The van der Waals surface area contributed by atoms with Gasteiger partial charge in [-0.1, -0.05) is 0 Å². The molecular weight excluding hydrogens is 372 g/mol. The van der Waals surface area contributed by atoms with Crippen molar-refractivity contribution in [1.82, 2.24) is 10.2 Å². The van der Waals surface area contributed by atoms with Gasteiger partial charge < -0.3 is 23.6 Å². The van der Waals surface area contributed by atoms with Crippen LogP contribution in [0.5, 0.6) is 11.5 Å². The molecular formula is C22H26N2O5. The van der Waals surface area contributed by atoms with Gasteiger partial charge in [-0.05, 0) is 49.4 Å². The van der Waals surface area contributed by atoms with Crippen LogP contribution in [0.25, 0.3) is 0 Å². The van der Waals surface area contributed by atoms with Crippen LogP contribution in [0.1, 0.15) is 30.0 Å². The third-order valence-electron chi connectivity index (χ3n) is 4.57. The first kappa shape index (κ1) is 20.5. The molecule has 0 fully saturated rings. The van der Waals surface area contributed by atoms with E-state index in [0.717, 1.165) is 17.1 Å². The van der Waals surface area contributed by atoms with Crippen molar-refractivity contribution < 1.29 is 23.1 Å². The molecule has 7 nitrogen and oxygen atoms in total. The van der Waals surface area contributed by atoms with E-state index in [1.807, 2.05) is 54.3 Å². The van der Waals surface area contributed by atoms with Gasteiger partial charge in [-0.2, -0.15) is 0 Å². The molecule has 0 aliphatic heterocycles. The molecule has 0 spiro atoms. The molecule has 0 aliphatic carbocycles. The fourth-order valence-corrected chi connectivity index (χ4v) is 3.16. The molecule has 0 radical (unpaired) electrons. The Balaban J connectivity index is 1.67. The number of hydrogen-bond acceptors (Lipinski definition) is 6. The van der Waals surface area contributed by atoms with Crippen molar-refractivity contribution in [2.75, 3.05) is 20.8 Å². The lowest BCUT2D eigenvalue weighted by molar-refractivity contribution is -0.123. The van der Waals surface area contributed by atoms with E-state index in [1.54, 1.807) is 26.7 Å². The second kappa shape index (κ2) is 9.84. The maximum Gasteiger partial charge on any atom is 0.234 e. The van der Waals surface area contributed by atoms with Crippen LogP contribution in [0.2, 0.25) is 0 Å². The standard InChI is InChI=1S/C22H26N2O5/c1-16(20-12-17(26-2)8-9-21(20)27-3)23-22(25)15-24(13-18-6-4-10-28-18)14-19-7-5-11-29-19/h4-12,16H,13-15H2,1-3H3,(H,23,25). The molecule has 1 N–H and O–H groups in total. The summed E-state index contributed by atoms with van der Waals surface area (Å²) >= 11 is 0. The third-order valence-corrected chi connectivity index (χ3v) is 4.57. The Morgan fingerprint density at radius 2 is 1.69 bits per heavy atom. The Kier molecular flexibility index (Phi) is 6.97. The molecule has 154 valence electrons. The monoisotopic (exact) mass is 398 g/mol. The van der Waals surface area contributed by atoms with E-state index in [1.165, 1.54) is 0 Å². The predicted octanol–water partition coefficient (Wildman–Crippen LogP) is 3.77. The Morgan fingerprint density at radius 3 is 2.21 bits per heavy atom. The molecule has 29 heavy (non-hydrogen) atoms. The van der Waals surface area contributed by atoms with Crippen molar-refractivity contribution in [2.45, 2.75) is 26.1 Å². The Bertz CT molecular complexity index is 854. The summed E-state index contributed by atoms with van der Waals surface area (Å²) in [4.78, 5) is 14.7. The van der Waals surface area contributed by atoms with E-state index >= 15 is 0 Å². The summed E-state index contributed by atoms with van der Waals surface area (Å²) in [5, 5.41) is 3.03. The van der Waals surface area contributed by atoms with Gasteiger partial charge in [-0.25, -0.2) is 0 Å². The summed E-state index contributed by atoms with van der Waals surface area (Å²) in [6.07, 6.45) is 3.25. The first-order chi connectivity index (χ1) is 14.1. The van der Waals surface area contributed by atoms with Crippen LogP contribution in [-0.2, 0) is 17.9 Å². The maximum atomic E-state index is 12.8.